The number of nitrogens with zero attached hydrogens (tertiary/aromatic N) is 3. The van der Waals surface area contributed by atoms with Gasteiger partial charge in [-0.25, -0.2) is 4.79 Å². The van der Waals surface area contributed by atoms with E-state index in [4.69, 9.17) is 16.3 Å². The molecule has 2 aliphatic rings. The first kappa shape index (κ1) is 21.8. The van der Waals surface area contributed by atoms with Crippen LogP contribution in [-0.2, 0) is 17.5 Å². The monoisotopic (exact) mass is 455 g/mol. The van der Waals surface area contributed by atoms with Gasteiger partial charge in [0.25, 0.3) is 0 Å². The van der Waals surface area contributed by atoms with E-state index in [1.165, 1.54) is 29.9 Å². The fraction of sp³-hybridized carbons (Fsp3) is 0.476. The Morgan fingerprint density at radius 1 is 1.19 bits per heavy atom. The number of alkyl halides is 3. The van der Waals surface area contributed by atoms with Crippen molar-refractivity contribution in [2.24, 2.45) is 11.8 Å². The summed E-state index contributed by atoms with van der Waals surface area (Å²) in [6.07, 6.45) is -1.59. The highest BCUT2D eigenvalue weighted by molar-refractivity contribution is 6.31. The Balaban J connectivity index is 1.32. The largest absolute Gasteiger partial charge is 0.416 e. The number of fused-ring (bicyclic) bond motifs is 1. The molecule has 1 aliphatic heterocycles. The number of hydrogen-bond acceptors (Lipinski definition) is 4. The lowest BCUT2D eigenvalue weighted by molar-refractivity contribution is -0.137. The SMILES string of the molecule is CC(=O)c1ccn(C(=O)N2C[C@H]3CC(OCc4cc(C(F)(F)F)ccc4Cl)C[C@H]3C2)n1. The number of hydrogen-bond donors (Lipinski definition) is 0. The molecule has 0 spiro atoms. The molecule has 0 bridgehead atoms. The van der Waals surface area contributed by atoms with Gasteiger partial charge in [-0.05, 0) is 54.5 Å². The van der Waals surface area contributed by atoms with Gasteiger partial charge in [0, 0.05) is 31.2 Å². The normalized spacial score (nSPS) is 23.3. The average Bonchev–Trinajstić information content (AvgIpc) is 3.40. The number of carbonyl (C=O) groups excluding carboxylic acids is 2. The molecule has 2 fully saturated rings. The standard InChI is InChI=1S/C21H21ClF3N3O3/c1-12(29)19-4-5-28(26-19)20(30)27-9-13-7-17(8-14(13)10-27)31-11-15-6-16(21(23,24)25)2-3-18(15)22/h2-6,13-14,17H,7-11H2,1H3/t13-,14+,17?. The van der Waals surface area contributed by atoms with E-state index in [1.807, 2.05) is 0 Å². The van der Waals surface area contributed by atoms with Gasteiger partial charge in [-0.2, -0.15) is 23.0 Å². The molecule has 166 valence electrons. The number of carbonyl (C=O) groups is 2. The number of likely N-dealkylation sites (tertiary alicyclic amines) is 1. The maximum Gasteiger partial charge on any atom is 0.416 e. The minimum absolute atomic E-state index is 0.0105. The van der Waals surface area contributed by atoms with Crippen LogP contribution in [0.2, 0.25) is 5.02 Å². The molecule has 1 saturated carbocycles. The lowest BCUT2D eigenvalue weighted by atomic mass is 10.0. The van der Waals surface area contributed by atoms with Crippen LogP contribution >= 0.6 is 11.6 Å². The first-order valence-corrected chi connectivity index (χ1v) is 10.3. The third-order valence-electron chi connectivity index (χ3n) is 5.97. The lowest BCUT2D eigenvalue weighted by Crippen LogP contribution is -2.34. The quantitative estimate of drug-likeness (QED) is 0.629. The zero-order valence-electron chi connectivity index (χ0n) is 16.7. The van der Waals surface area contributed by atoms with Crippen molar-refractivity contribution in [1.82, 2.24) is 14.7 Å². The third-order valence-corrected chi connectivity index (χ3v) is 6.34. The smallest absolute Gasteiger partial charge is 0.373 e. The van der Waals surface area contributed by atoms with E-state index in [-0.39, 0.29) is 47.1 Å². The molecule has 6 nitrogen and oxygen atoms in total. The minimum Gasteiger partial charge on any atom is -0.373 e. The van der Waals surface area contributed by atoms with Crippen LogP contribution in [0.15, 0.2) is 30.5 Å². The summed E-state index contributed by atoms with van der Waals surface area (Å²) in [5, 5.41) is 4.26. The zero-order chi connectivity index (χ0) is 22.3. The summed E-state index contributed by atoms with van der Waals surface area (Å²) in [7, 11) is 0. The Labute approximate surface area is 181 Å². The summed E-state index contributed by atoms with van der Waals surface area (Å²) in [6, 6.07) is 4.46. The highest BCUT2D eigenvalue weighted by Crippen LogP contribution is 2.40. The second kappa shape index (κ2) is 8.27. The molecule has 0 radical (unpaired) electrons. The van der Waals surface area contributed by atoms with Crippen molar-refractivity contribution in [3.63, 3.8) is 0 Å². The molecule has 2 heterocycles. The summed E-state index contributed by atoms with van der Waals surface area (Å²) in [6.45, 7) is 2.52. The molecule has 4 rings (SSSR count). The van der Waals surface area contributed by atoms with E-state index in [1.54, 1.807) is 4.90 Å². The Kier molecular flexibility index (Phi) is 5.83. The van der Waals surface area contributed by atoms with Crippen LogP contribution in [0.1, 0.15) is 41.4 Å². The predicted molar refractivity (Wildman–Crippen MR) is 106 cm³/mol. The third kappa shape index (κ3) is 4.62. The molecule has 3 atom stereocenters. The first-order valence-electron chi connectivity index (χ1n) is 9.95. The molecule has 1 aromatic carbocycles. The summed E-state index contributed by atoms with van der Waals surface area (Å²) >= 11 is 6.04. The molecule has 31 heavy (non-hydrogen) atoms. The highest BCUT2D eigenvalue weighted by Gasteiger charge is 2.43. The Bertz CT molecular complexity index is 993. The highest BCUT2D eigenvalue weighted by atomic mass is 35.5. The Morgan fingerprint density at radius 3 is 2.45 bits per heavy atom. The molecule has 0 N–H and O–H groups in total. The number of benzene rings is 1. The zero-order valence-corrected chi connectivity index (χ0v) is 17.5. The number of rotatable bonds is 4. The van der Waals surface area contributed by atoms with Crippen molar-refractivity contribution in [2.45, 2.75) is 38.7 Å². The maximum absolute atomic E-state index is 12.9. The van der Waals surface area contributed by atoms with Crippen LogP contribution in [0.4, 0.5) is 18.0 Å². The second-order valence-corrected chi connectivity index (χ2v) is 8.53. The van der Waals surface area contributed by atoms with E-state index in [9.17, 15) is 22.8 Å². The molecule has 1 amide bonds. The topological polar surface area (TPSA) is 64.4 Å². The number of ketones is 1. The van der Waals surface area contributed by atoms with E-state index in [2.05, 4.69) is 5.10 Å². The van der Waals surface area contributed by atoms with Crippen LogP contribution in [0.3, 0.4) is 0 Å². The summed E-state index contributed by atoms with van der Waals surface area (Å²) in [5.41, 5.74) is -0.195. The number of halogens is 4. The fourth-order valence-corrected chi connectivity index (χ4v) is 4.54. The van der Waals surface area contributed by atoms with Crippen LogP contribution in [-0.4, -0.2) is 45.7 Å². The summed E-state index contributed by atoms with van der Waals surface area (Å²) in [4.78, 5) is 25.7. The van der Waals surface area contributed by atoms with Crippen LogP contribution in [0.5, 0.6) is 0 Å². The Morgan fingerprint density at radius 2 is 1.87 bits per heavy atom. The van der Waals surface area contributed by atoms with Gasteiger partial charge in [0.05, 0.1) is 18.3 Å². The van der Waals surface area contributed by atoms with E-state index in [0.717, 1.165) is 25.0 Å². The molecule has 1 unspecified atom stereocenters. The van der Waals surface area contributed by atoms with Gasteiger partial charge in [0.2, 0.25) is 0 Å². The second-order valence-electron chi connectivity index (χ2n) is 8.12. The van der Waals surface area contributed by atoms with Crippen molar-refractivity contribution in [3.8, 4) is 0 Å². The lowest BCUT2D eigenvalue weighted by Gasteiger charge is -2.19. The van der Waals surface area contributed by atoms with Crippen molar-refractivity contribution in [1.29, 1.82) is 0 Å². The van der Waals surface area contributed by atoms with Crippen molar-refractivity contribution >= 4 is 23.4 Å². The number of Topliss-reactive ketones (excluding diaryl/α,β-unsaturated/α-hetero) is 1. The number of amides is 1. The van der Waals surface area contributed by atoms with E-state index < -0.39 is 11.7 Å². The summed E-state index contributed by atoms with van der Waals surface area (Å²) in [5.74, 6) is 0.313. The number of ether oxygens (including phenoxy) is 1. The van der Waals surface area contributed by atoms with Gasteiger partial charge in [-0.15, -0.1) is 0 Å². The van der Waals surface area contributed by atoms with Crippen molar-refractivity contribution in [3.05, 3.63) is 52.3 Å². The van der Waals surface area contributed by atoms with Crippen molar-refractivity contribution in [2.75, 3.05) is 13.1 Å². The van der Waals surface area contributed by atoms with Crippen LogP contribution in [0, 0.1) is 11.8 Å². The van der Waals surface area contributed by atoms with Crippen LogP contribution in [0.25, 0.3) is 0 Å². The number of aromatic nitrogens is 2. The predicted octanol–water partition coefficient (Wildman–Crippen LogP) is 4.65. The molecular formula is C21H21ClF3N3O3. The molecule has 1 aromatic heterocycles. The van der Waals surface area contributed by atoms with Gasteiger partial charge >= 0.3 is 12.2 Å². The molecule has 1 aliphatic carbocycles. The van der Waals surface area contributed by atoms with Gasteiger partial charge in [0.1, 0.15) is 5.69 Å². The minimum atomic E-state index is -4.43. The van der Waals surface area contributed by atoms with Gasteiger partial charge in [-0.3, -0.25) is 4.79 Å². The maximum atomic E-state index is 12.9. The van der Waals surface area contributed by atoms with Crippen molar-refractivity contribution < 1.29 is 27.5 Å². The fourth-order valence-electron chi connectivity index (χ4n) is 4.37. The molecule has 2 aromatic rings. The molecule has 1 saturated heterocycles. The first-order chi connectivity index (χ1) is 14.6. The van der Waals surface area contributed by atoms with E-state index in [0.29, 0.717) is 18.7 Å². The average molecular weight is 456 g/mol. The van der Waals surface area contributed by atoms with E-state index >= 15 is 0 Å². The van der Waals surface area contributed by atoms with Gasteiger partial charge in [-0.1, -0.05) is 11.6 Å². The van der Waals surface area contributed by atoms with Gasteiger partial charge in [0.15, 0.2) is 5.78 Å². The van der Waals surface area contributed by atoms with Crippen LogP contribution < -0.4 is 0 Å². The Hall–Kier alpha value is -2.39. The molecule has 10 heteroatoms. The molecular weight excluding hydrogens is 435 g/mol. The van der Waals surface area contributed by atoms with Gasteiger partial charge < -0.3 is 9.64 Å². The summed E-state index contributed by atoms with van der Waals surface area (Å²) < 4.78 is 45.8.